The van der Waals surface area contributed by atoms with Crippen LogP contribution in [0.4, 0.5) is 11.4 Å². The molecule has 0 amide bonds. The topological polar surface area (TPSA) is 73.6 Å². The van der Waals surface area contributed by atoms with Crippen LogP contribution in [0.3, 0.4) is 0 Å². The van der Waals surface area contributed by atoms with Crippen LogP contribution in [0, 0.1) is 10.1 Å². The van der Waals surface area contributed by atoms with Crippen molar-refractivity contribution in [3.8, 4) is 11.3 Å². The molecule has 0 unspecified atom stereocenters. The largest absolute Gasteiger partial charge is 0.467 e. The van der Waals surface area contributed by atoms with Gasteiger partial charge < -0.3 is 8.98 Å². The highest BCUT2D eigenvalue weighted by Crippen LogP contribution is 2.29. The van der Waals surface area contributed by atoms with E-state index in [1.54, 1.807) is 36.6 Å². The van der Waals surface area contributed by atoms with Crippen LogP contribution in [0.5, 0.6) is 0 Å². The predicted molar refractivity (Wildman–Crippen MR) is 114 cm³/mol. The van der Waals surface area contributed by atoms with Gasteiger partial charge in [-0.2, -0.15) is 0 Å². The molecule has 4 aromatic rings. The number of non-ortho nitro benzene ring substituents is 1. The summed E-state index contributed by atoms with van der Waals surface area (Å²) in [5.41, 5.74) is 2.11. The minimum Gasteiger partial charge on any atom is -0.467 e. The van der Waals surface area contributed by atoms with Crippen LogP contribution in [-0.4, -0.2) is 9.49 Å². The van der Waals surface area contributed by atoms with E-state index >= 15 is 0 Å². The number of furan rings is 1. The quantitative estimate of drug-likeness (QED) is 0.267. The van der Waals surface area contributed by atoms with Gasteiger partial charge in [-0.3, -0.25) is 10.1 Å². The van der Waals surface area contributed by atoms with Crippen molar-refractivity contribution in [3.63, 3.8) is 0 Å². The second kappa shape index (κ2) is 8.24. The van der Waals surface area contributed by atoms with E-state index in [0.29, 0.717) is 32.6 Å². The Morgan fingerprint density at radius 1 is 1.14 bits per heavy atom. The summed E-state index contributed by atoms with van der Waals surface area (Å²) >= 11 is 13.7. The maximum atomic E-state index is 11.2. The van der Waals surface area contributed by atoms with E-state index < -0.39 is 4.92 Å². The zero-order valence-corrected chi connectivity index (χ0v) is 17.1. The van der Waals surface area contributed by atoms with Crippen LogP contribution >= 0.6 is 34.5 Å². The normalized spacial score (nSPS) is 11.7. The second-order valence-electron chi connectivity index (χ2n) is 6.08. The molecule has 0 aliphatic heterocycles. The minimum absolute atomic E-state index is 0.0254. The third-order valence-electron chi connectivity index (χ3n) is 4.17. The van der Waals surface area contributed by atoms with Gasteiger partial charge in [-0.05, 0) is 30.3 Å². The lowest BCUT2D eigenvalue weighted by Gasteiger charge is -2.08. The first kappa shape index (κ1) is 19.4. The molecule has 0 aliphatic carbocycles. The molecule has 0 radical (unpaired) electrons. The zero-order chi connectivity index (χ0) is 20.4. The molecule has 2 aromatic carbocycles. The van der Waals surface area contributed by atoms with Crippen molar-refractivity contribution >= 4 is 45.9 Å². The number of rotatable bonds is 5. The Bertz CT molecular complexity index is 1250. The Morgan fingerprint density at radius 3 is 2.72 bits per heavy atom. The first-order valence-corrected chi connectivity index (χ1v) is 10.1. The fourth-order valence-electron chi connectivity index (χ4n) is 2.81. The van der Waals surface area contributed by atoms with Crippen LogP contribution in [0.1, 0.15) is 5.76 Å². The Morgan fingerprint density at radius 2 is 2.00 bits per heavy atom. The number of nitro groups is 1. The number of nitro benzene ring substituents is 1. The molecule has 0 bridgehead atoms. The molecule has 0 spiro atoms. The molecule has 146 valence electrons. The van der Waals surface area contributed by atoms with Gasteiger partial charge in [0.1, 0.15) is 5.76 Å². The molecule has 6 nitrogen and oxygen atoms in total. The lowest BCUT2D eigenvalue weighted by molar-refractivity contribution is -0.384. The number of hydrogen-bond acceptors (Lipinski definition) is 5. The van der Waals surface area contributed by atoms with Crippen molar-refractivity contribution in [2.24, 2.45) is 4.99 Å². The molecule has 2 aromatic heterocycles. The number of nitrogens with zero attached hydrogens (tertiary/aromatic N) is 3. The highest BCUT2D eigenvalue weighted by Gasteiger charge is 2.14. The fraction of sp³-hybridized carbons (Fsp3) is 0.0500. The average molecular weight is 446 g/mol. The van der Waals surface area contributed by atoms with E-state index in [1.807, 2.05) is 28.1 Å². The van der Waals surface area contributed by atoms with E-state index in [-0.39, 0.29) is 5.69 Å². The monoisotopic (exact) mass is 445 g/mol. The van der Waals surface area contributed by atoms with Crippen LogP contribution in [-0.2, 0) is 6.54 Å². The summed E-state index contributed by atoms with van der Waals surface area (Å²) < 4.78 is 7.43. The van der Waals surface area contributed by atoms with Crippen molar-refractivity contribution < 1.29 is 9.34 Å². The standard InChI is InChI=1S/C20H13Cl2N3O3S/c21-14-6-7-18(17(22)10-14)23-20-24(11-16-5-2-8-28-16)19(12-29-20)13-3-1-4-15(9-13)25(26)27/h1-10,12H,11H2. The lowest BCUT2D eigenvalue weighted by Crippen LogP contribution is -2.16. The lowest BCUT2D eigenvalue weighted by atomic mass is 10.1. The van der Waals surface area contributed by atoms with Gasteiger partial charge in [0, 0.05) is 28.1 Å². The van der Waals surface area contributed by atoms with Crippen LogP contribution < -0.4 is 4.80 Å². The van der Waals surface area contributed by atoms with Crippen molar-refractivity contribution in [1.82, 2.24) is 4.57 Å². The highest BCUT2D eigenvalue weighted by atomic mass is 35.5. The summed E-state index contributed by atoms with van der Waals surface area (Å²) in [6, 6.07) is 15.3. The third-order valence-corrected chi connectivity index (χ3v) is 5.57. The molecule has 0 saturated heterocycles. The van der Waals surface area contributed by atoms with Gasteiger partial charge in [0.25, 0.3) is 5.69 Å². The molecular formula is C20H13Cl2N3O3S. The molecule has 0 fully saturated rings. The molecule has 29 heavy (non-hydrogen) atoms. The van der Waals surface area contributed by atoms with E-state index in [0.717, 1.165) is 11.5 Å². The summed E-state index contributed by atoms with van der Waals surface area (Å²) in [5, 5.41) is 14.1. The van der Waals surface area contributed by atoms with Crippen LogP contribution in [0.2, 0.25) is 10.0 Å². The molecule has 0 atom stereocenters. The SMILES string of the molecule is O=[N+]([O-])c1cccc(-c2csc(=Nc3ccc(Cl)cc3Cl)n2Cc2ccco2)c1. The second-order valence-corrected chi connectivity index (χ2v) is 7.76. The van der Waals surface area contributed by atoms with E-state index in [1.165, 1.54) is 17.4 Å². The molecule has 2 heterocycles. The number of hydrogen-bond donors (Lipinski definition) is 0. The average Bonchev–Trinajstić information content (AvgIpc) is 3.35. The van der Waals surface area contributed by atoms with Crippen LogP contribution in [0.15, 0.2) is 75.7 Å². The number of aromatic nitrogens is 1. The first-order valence-electron chi connectivity index (χ1n) is 8.46. The molecule has 4 rings (SSSR count). The Labute approximate surface area is 179 Å². The summed E-state index contributed by atoms with van der Waals surface area (Å²) in [7, 11) is 0. The molecule has 0 N–H and O–H groups in total. The van der Waals surface area contributed by atoms with Crippen molar-refractivity contribution in [2.45, 2.75) is 6.54 Å². The summed E-state index contributed by atoms with van der Waals surface area (Å²) in [4.78, 5) is 16.1. The maximum Gasteiger partial charge on any atom is 0.270 e. The Balaban J connectivity index is 1.87. The first-order chi connectivity index (χ1) is 14.0. The van der Waals surface area contributed by atoms with Gasteiger partial charge in [0.05, 0.1) is 34.1 Å². The molecule has 0 aliphatic rings. The Hall–Kier alpha value is -2.87. The van der Waals surface area contributed by atoms with Gasteiger partial charge in [0.2, 0.25) is 0 Å². The van der Waals surface area contributed by atoms with Crippen molar-refractivity contribution in [1.29, 1.82) is 0 Å². The number of halogens is 2. The Kier molecular flexibility index (Phi) is 5.53. The molecule has 0 saturated carbocycles. The van der Waals surface area contributed by atoms with Gasteiger partial charge in [-0.25, -0.2) is 4.99 Å². The van der Waals surface area contributed by atoms with Gasteiger partial charge in [-0.15, -0.1) is 11.3 Å². The van der Waals surface area contributed by atoms with Crippen molar-refractivity contribution in [3.05, 3.63) is 97.0 Å². The van der Waals surface area contributed by atoms with Crippen LogP contribution in [0.25, 0.3) is 11.3 Å². The van der Waals surface area contributed by atoms with E-state index in [4.69, 9.17) is 27.6 Å². The highest BCUT2D eigenvalue weighted by molar-refractivity contribution is 7.07. The number of benzene rings is 2. The summed E-state index contributed by atoms with van der Waals surface area (Å²) in [6.07, 6.45) is 1.60. The molecular weight excluding hydrogens is 433 g/mol. The smallest absolute Gasteiger partial charge is 0.270 e. The maximum absolute atomic E-state index is 11.2. The van der Waals surface area contributed by atoms with E-state index in [9.17, 15) is 10.1 Å². The van der Waals surface area contributed by atoms with Gasteiger partial charge in [-0.1, -0.05) is 35.3 Å². The fourth-order valence-corrected chi connectivity index (χ4v) is 4.19. The summed E-state index contributed by atoms with van der Waals surface area (Å²) in [6.45, 7) is 0.415. The number of thiazole rings is 1. The van der Waals surface area contributed by atoms with Crippen molar-refractivity contribution in [2.75, 3.05) is 0 Å². The zero-order valence-electron chi connectivity index (χ0n) is 14.8. The third kappa shape index (κ3) is 4.27. The van der Waals surface area contributed by atoms with Gasteiger partial charge in [0.15, 0.2) is 4.80 Å². The molecule has 9 heteroatoms. The predicted octanol–water partition coefficient (Wildman–Crippen LogP) is 6.31. The minimum atomic E-state index is -0.411. The summed E-state index contributed by atoms with van der Waals surface area (Å²) in [5.74, 6) is 0.735. The van der Waals surface area contributed by atoms with Gasteiger partial charge >= 0.3 is 0 Å². The van der Waals surface area contributed by atoms with E-state index in [2.05, 4.69) is 4.99 Å².